The standard InChI is InChI=1S/C19H32N6O2/c1-6-16(24-9-11-27-12-10-24)18(26)25-8-7-14-15(13-25)20-19(23(4)5)21-17(14)22(2)3/h16H,6-13H2,1-5H3/t16-/m1/s1. The van der Waals surface area contributed by atoms with Crippen molar-refractivity contribution >= 4 is 17.7 Å². The van der Waals surface area contributed by atoms with Gasteiger partial charge in [-0.1, -0.05) is 6.92 Å². The third kappa shape index (κ3) is 4.16. The third-order valence-corrected chi connectivity index (χ3v) is 5.32. The highest BCUT2D eigenvalue weighted by atomic mass is 16.5. The summed E-state index contributed by atoms with van der Waals surface area (Å²) in [6.45, 7) is 6.43. The van der Waals surface area contributed by atoms with Gasteiger partial charge in [-0.2, -0.15) is 4.98 Å². The number of carbonyl (C=O) groups excluding carboxylic acids is 1. The Labute approximate surface area is 162 Å². The van der Waals surface area contributed by atoms with Crippen molar-refractivity contribution in [1.29, 1.82) is 0 Å². The van der Waals surface area contributed by atoms with Crippen LogP contribution in [0.5, 0.6) is 0 Å². The average molecular weight is 377 g/mol. The summed E-state index contributed by atoms with van der Waals surface area (Å²) in [4.78, 5) is 30.9. The fourth-order valence-electron chi connectivity index (χ4n) is 3.84. The van der Waals surface area contributed by atoms with Crippen LogP contribution < -0.4 is 9.80 Å². The fourth-order valence-corrected chi connectivity index (χ4v) is 3.84. The lowest BCUT2D eigenvalue weighted by molar-refractivity contribution is -0.140. The molecule has 8 heteroatoms. The van der Waals surface area contributed by atoms with E-state index in [1.807, 2.05) is 42.9 Å². The number of morpholine rings is 1. The van der Waals surface area contributed by atoms with Gasteiger partial charge in [0.2, 0.25) is 11.9 Å². The molecule has 1 atom stereocenters. The molecule has 1 fully saturated rings. The minimum atomic E-state index is -0.0704. The molecule has 0 unspecified atom stereocenters. The molecule has 1 aromatic rings. The van der Waals surface area contributed by atoms with Crippen LogP contribution in [-0.2, 0) is 22.5 Å². The van der Waals surface area contributed by atoms with E-state index in [0.717, 1.165) is 49.6 Å². The van der Waals surface area contributed by atoms with E-state index in [1.165, 1.54) is 0 Å². The zero-order valence-corrected chi connectivity index (χ0v) is 17.2. The Morgan fingerprint density at radius 2 is 1.81 bits per heavy atom. The molecule has 1 aromatic heterocycles. The van der Waals surface area contributed by atoms with Gasteiger partial charge < -0.3 is 19.4 Å². The maximum atomic E-state index is 13.3. The molecule has 1 saturated heterocycles. The van der Waals surface area contributed by atoms with Gasteiger partial charge in [0.05, 0.1) is 31.5 Å². The average Bonchev–Trinajstić information content (AvgIpc) is 2.67. The maximum Gasteiger partial charge on any atom is 0.240 e. The molecule has 150 valence electrons. The summed E-state index contributed by atoms with van der Waals surface area (Å²) in [6.07, 6.45) is 1.61. The van der Waals surface area contributed by atoms with E-state index in [-0.39, 0.29) is 11.9 Å². The van der Waals surface area contributed by atoms with Crippen molar-refractivity contribution in [3.05, 3.63) is 11.3 Å². The van der Waals surface area contributed by atoms with Crippen LogP contribution in [-0.4, -0.2) is 92.8 Å². The van der Waals surface area contributed by atoms with E-state index in [0.29, 0.717) is 25.7 Å². The third-order valence-electron chi connectivity index (χ3n) is 5.32. The minimum absolute atomic E-state index is 0.0704. The summed E-state index contributed by atoms with van der Waals surface area (Å²) in [5.41, 5.74) is 2.13. The van der Waals surface area contributed by atoms with E-state index >= 15 is 0 Å². The number of amides is 1. The number of rotatable bonds is 5. The largest absolute Gasteiger partial charge is 0.379 e. The topological polar surface area (TPSA) is 65.0 Å². The molecule has 1 amide bonds. The van der Waals surface area contributed by atoms with Crippen LogP contribution in [0.25, 0.3) is 0 Å². The maximum absolute atomic E-state index is 13.3. The van der Waals surface area contributed by atoms with Crippen molar-refractivity contribution in [2.45, 2.75) is 32.4 Å². The number of hydrogen-bond acceptors (Lipinski definition) is 7. The molecule has 0 aliphatic carbocycles. The Kier molecular flexibility index (Phi) is 6.16. The molecule has 0 N–H and O–H groups in total. The van der Waals surface area contributed by atoms with Crippen molar-refractivity contribution in [2.75, 3.05) is 70.8 Å². The molecule has 0 aromatic carbocycles. The molecule has 0 saturated carbocycles. The Morgan fingerprint density at radius 3 is 2.41 bits per heavy atom. The second kappa shape index (κ2) is 8.39. The van der Waals surface area contributed by atoms with Crippen molar-refractivity contribution in [2.24, 2.45) is 0 Å². The highest BCUT2D eigenvalue weighted by molar-refractivity contribution is 5.82. The molecule has 8 nitrogen and oxygen atoms in total. The first kappa shape index (κ1) is 19.8. The van der Waals surface area contributed by atoms with Crippen LogP contribution in [0.15, 0.2) is 0 Å². The number of nitrogens with zero attached hydrogens (tertiary/aromatic N) is 6. The SMILES string of the molecule is CC[C@H](C(=O)N1CCc2c(nc(N(C)C)nc2N(C)C)C1)N1CCOCC1. The van der Waals surface area contributed by atoms with Crippen molar-refractivity contribution in [1.82, 2.24) is 19.8 Å². The van der Waals surface area contributed by atoms with E-state index in [4.69, 9.17) is 14.7 Å². The van der Waals surface area contributed by atoms with Crippen LogP contribution in [0.1, 0.15) is 24.6 Å². The summed E-state index contributed by atoms with van der Waals surface area (Å²) in [7, 11) is 7.90. The van der Waals surface area contributed by atoms with Gasteiger partial charge in [-0.05, 0) is 12.8 Å². The van der Waals surface area contributed by atoms with Gasteiger partial charge in [0.25, 0.3) is 0 Å². The van der Waals surface area contributed by atoms with Gasteiger partial charge >= 0.3 is 0 Å². The van der Waals surface area contributed by atoms with E-state index in [1.54, 1.807) is 0 Å². The zero-order chi connectivity index (χ0) is 19.6. The molecule has 3 heterocycles. The van der Waals surface area contributed by atoms with Gasteiger partial charge in [0.1, 0.15) is 5.82 Å². The lowest BCUT2D eigenvalue weighted by Gasteiger charge is -2.38. The molecule has 0 radical (unpaired) electrons. The lowest BCUT2D eigenvalue weighted by atomic mass is 10.0. The predicted molar refractivity (Wildman–Crippen MR) is 106 cm³/mol. The molecule has 2 aliphatic heterocycles. The molecule has 0 spiro atoms. The molecule has 0 bridgehead atoms. The number of anilines is 2. The summed E-state index contributed by atoms with van der Waals surface area (Å²) >= 11 is 0. The molecular formula is C19H32N6O2. The van der Waals surface area contributed by atoms with E-state index < -0.39 is 0 Å². The second-order valence-corrected chi connectivity index (χ2v) is 7.64. The van der Waals surface area contributed by atoms with Crippen LogP contribution in [0.3, 0.4) is 0 Å². The van der Waals surface area contributed by atoms with Gasteiger partial charge in [0, 0.05) is 53.4 Å². The first-order chi connectivity index (χ1) is 12.9. The van der Waals surface area contributed by atoms with Crippen molar-refractivity contribution in [3.63, 3.8) is 0 Å². The molecule has 27 heavy (non-hydrogen) atoms. The molecule has 2 aliphatic rings. The van der Waals surface area contributed by atoms with Gasteiger partial charge in [0.15, 0.2) is 0 Å². The monoisotopic (exact) mass is 376 g/mol. The first-order valence-electron chi connectivity index (χ1n) is 9.77. The predicted octanol–water partition coefficient (Wildman–Crippen LogP) is 0.604. The van der Waals surface area contributed by atoms with Crippen molar-refractivity contribution in [3.8, 4) is 0 Å². The molecular weight excluding hydrogens is 344 g/mol. The van der Waals surface area contributed by atoms with Crippen LogP contribution in [0, 0.1) is 0 Å². The quantitative estimate of drug-likeness (QED) is 0.746. The number of ether oxygens (including phenoxy) is 1. The fraction of sp³-hybridized carbons (Fsp3) is 0.737. The van der Waals surface area contributed by atoms with Crippen LogP contribution in [0.4, 0.5) is 11.8 Å². The van der Waals surface area contributed by atoms with E-state index in [2.05, 4.69) is 11.8 Å². The van der Waals surface area contributed by atoms with Gasteiger partial charge in [-0.15, -0.1) is 0 Å². The zero-order valence-electron chi connectivity index (χ0n) is 17.2. The lowest BCUT2D eigenvalue weighted by Crippen LogP contribution is -2.53. The summed E-state index contributed by atoms with van der Waals surface area (Å²) in [5.74, 6) is 1.85. The summed E-state index contributed by atoms with van der Waals surface area (Å²) in [5, 5.41) is 0. The van der Waals surface area contributed by atoms with Crippen molar-refractivity contribution < 1.29 is 9.53 Å². The Bertz CT molecular complexity index is 672. The number of aromatic nitrogens is 2. The highest BCUT2D eigenvalue weighted by Gasteiger charge is 2.33. The molecule has 3 rings (SSSR count). The smallest absolute Gasteiger partial charge is 0.240 e. The highest BCUT2D eigenvalue weighted by Crippen LogP contribution is 2.28. The summed E-state index contributed by atoms with van der Waals surface area (Å²) < 4.78 is 5.44. The normalized spacial score (nSPS) is 18.8. The summed E-state index contributed by atoms with van der Waals surface area (Å²) in [6, 6.07) is -0.0704. The van der Waals surface area contributed by atoms with Crippen LogP contribution in [0.2, 0.25) is 0 Å². The number of hydrogen-bond donors (Lipinski definition) is 0. The Balaban J connectivity index is 1.83. The first-order valence-corrected chi connectivity index (χ1v) is 9.77. The Morgan fingerprint density at radius 1 is 1.11 bits per heavy atom. The minimum Gasteiger partial charge on any atom is -0.379 e. The Hall–Kier alpha value is -1.93. The second-order valence-electron chi connectivity index (χ2n) is 7.64. The number of carbonyl (C=O) groups is 1. The van der Waals surface area contributed by atoms with E-state index in [9.17, 15) is 4.79 Å². The van der Waals surface area contributed by atoms with Gasteiger partial charge in [-0.25, -0.2) is 4.98 Å². The number of fused-ring (bicyclic) bond motifs is 1. The van der Waals surface area contributed by atoms with Gasteiger partial charge in [-0.3, -0.25) is 9.69 Å². The van der Waals surface area contributed by atoms with Crippen LogP contribution >= 0.6 is 0 Å².